The van der Waals surface area contributed by atoms with Gasteiger partial charge in [-0.05, 0) is 36.8 Å². The van der Waals surface area contributed by atoms with Gasteiger partial charge in [-0.25, -0.2) is 15.4 Å². The van der Waals surface area contributed by atoms with Crippen molar-refractivity contribution >= 4 is 11.3 Å². The quantitative estimate of drug-likeness (QED) is 0.627. The first-order chi connectivity index (χ1) is 8.29. The van der Waals surface area contributed by atoms with Crippen LogP contribution < -0.4 is 11.3 Å². The molecule has 4 nitrogen and oxygen atoms in total. The van der Waals surface area contributed by atoms with Crippen LogP contribution in [0.25, 0.3) is 0 Å². The van der Waals surface area contributed by atoms with Crippen molar-refractivity contribution in [2.75, 3.05) is 0 Å². The summed E-state index contributed by atoms with van der Waals surface area (Å²) in [6.07, 6.45) is 5.53. The van der Waals surface area contributed by atoms with E-state index >= 15 is 0 Å². The fraction of sp³-hybridized carbons (Fsp3) is 0.333. The molecule has 0 saturated carbocycles. The van der Waals surface area contributed by atoms with E-state index in [1.807, 2.05) is 19.3 Å². The second-order valence-corrected chi connectivity index (χ2v) is 4.99. The highest BCUT2D eigenvalue weighted by Crippen LogP contribution is 2.17. The van der Waals surface area contributed by atoms with Crippen LogP contribution in [-0.4, -0.2) is 9.97 Å². The van der Waals surface area contributed by atoms with Crippen molar-refractivity contribution in [3.8, 4) is 0 Å². The molecule has 0 aliphatic carbocycles. The fourth-order valence-corrected chi connectivity index (χ4v) is 2.34. The van der Waals surface area contributed by atoms with Crippen LogP contribution >= 0.6 is 11.3 Å². The molecule has 17 heavy (non-hydrogen) atoms. The maximum atomic E-state index is 5.56. The topological polar surface area (TPSA) is 63.8 Å². The van der Waals surface area contributed by atoms with Gasteiger partial charge in [0.2, 0.25) is 0 Å². The Hall–Kier alpha value is -1.30. The first kappa shape index (κ1) is 12.2. The van der Waals surface area contributed by atoms with Crippen molar-refractivity contribution in [3.05, 3.63) is 46.2 Å². The monoisotopic (exact) mass is 248 g/mol. The number of nitrogens with two attached hydrogens (primary N) is 1. The largest absolute Gasteiger partial charge is 0.271 e. The van der Waals surface area contributed by atoms with E-state index in [9.17, 15) is 0 Å². The average Bonchev–Trinajstić information content (AvgIpc) is 2.85. The second-order valence-electron chi connectivity index (χ2n) is 3.96. The zero-order chi connectivity index (χ0) is 12.1. The number of hydrogen-bond donors (Lipinski definition) is 2. The lowest BCUT2D eigenvalue weighted by Gasteiger charge is -2.13. The lowest BCUT2D eigenvalue weighted by molar-refractivity contribution is 0.492. The average molecular weight is 248 g/mol. The van der Waals surface area contributed by atoms with Gasteiger partial charge < -0.3 is 0 Å². The lowest BCUT2D eigenvalue weighted by atomic mass is 10.1. The van der Waals surface area contributed by atoms with Crippen LogP contribution in [0.5, 0.6) is 0 Å². The molecule has 1 unspecified atom stereocenters. The third-order valence-corrected chi connectivity index (χ3v) is 3.51. The highest BCUT2D eigenvalue weighted by atomic mass is 32.1. The van der Waals surface area contributed by atoms with Gasteiger partial charge in [0.05, 0.1) is 6.04 Å². The number of hydrogen-bond acceptors (Lipinski definition) is 5. The maximum Gasteiger partial charge on any atom is 0.146 e. The molecule has 0 spiro atoms. The highest BCUT2D eigenvalue weighted by molar-refractivity contribution is 7.09. The van der Waals surface area contributed by atoms with Gasteiger partial charge in [0, 0.05) is 17.3 Å². The van der Waals surface area contributed by atoms with E-state index in [-0.39, 0.29) is 6.04 Å². The number of thiophene rings is 1. The van der Waals surface area contributed by atoms with E-state index < -0.39 is 0 Å². The molecule has 0 radical (unpaired) electrons. The number of rotatable bonds is 5. The SMILES string of the molecule is Cc1cnc(C(CCc2cccs2)NN)nc1. The summed E-state index contributed by atoms with van der Waals surface area (Å²) >= 11 is 1.76. The molecule has 2 heterocycles. The van der Waals surface area contributed by atoms with Gasteiger partial charge in [0.15, 0.2) is 0 Å². The fourth-order valence-electron chi connectivity index (χ4n) is 1.61. The summed E-state index contributed by atoms with van der Waals surface area (Å²) < 4.78 is 0. The molecule has 5 heteroatoms. The van der Waals surface area contributed by atoms with Crippen LogP contribution in [0.1, 0.15) is 28.7 Å². The molecule has 2 aromatic heterocycles. The molecule has 0 aliphatic heterocycles. The minimum atomic E-state index is 0.0118. The first-order valence-electron chi connectivity index (χ1n) is 5.56. The van der Waals surface area contributed by atoms with Gasteiger partial charge in [0.1, 0.15) is 5.82 Å². The predicted molar refractivity (Wildman–Crippen MR) is 69.5 cm³/mol. The summed E-state index contributed by atoms with van der Waals surface area (Å²) in [6, 6.07) is 4.21. The van der Waals surface area contributed by atoms with Gasteiger partial charge in [0.25, 0.3) is 0 Å². The first-order valence-corrected chi connectivity index (χ1v) is 6.44. The molecule has 0 bridgehead atoms. The molecular weight excluding hydrogens is 232 g/mol. The van der Waals surface area contributed by atoms with Crippen molar-refractivity contribution in [1.82, 2.24) is 15.4 Å². The van der Waals surface area contributed by atoms with Gasteiger partial charge in [-0.2, -0.15) is 0 Å². The number of nitrogens with zero attached hydrogens (tertiary/aromatic N) is 2. The third kappa shape index (κ3) is 3.33. The Morgan fingerprint density at radius 1 is 1.41 bits per heavy atom. The molecule has 0 aromatic carbocycles. The summed E-state index contributed by atoms with van der Waals surface area (Å²) in [6.45, 7) is 1.97. The van der Waals surface area contributed by atoms with E-state index in [1.54, 1.807) is 11.3 Å². The van der Waals surface area contributed by atoms with Crippen molar-refractivity contribution in [2.24, 2.45) is 5.84 Å². The molecule has 1 atom stereocenters. The smallest absolute Gasteiger partial charge is 0.146 e. The van der Waals surface area contributed by atoms with E-state index in [1.165, 1.54) is 4.88 Å². The number of aromatic nitrogens is 2. The van der Waals surface area contributed by atoms with E-state index in [0.717, 1.165) is 24.2 Å². The number of aryl methyl sites for hydroxylation is 2. The molecule has 3 N–H and O–H groups in total. The second kappa shape index (κ2) is 5.86. The lowest BCUT2D eigenvalue weighted by Crippen LogP contribution is -2.29. The van der Waals surface area contributed by atoms with Crippen LogP contribution in [0.15, 0.2) is 29.9 Å². The summed E-state index contributed by atoms with van der Waals surface area (Å²) in [7, 11) is 0. The molecule has 0 fully saturated rings. The van der Waals surface area contributed by atoms with Gasteiger partial charge in [-0.15, -0.1) is 11.3 Å². The van der Waals surface area contributed by atoms with E-state index in [0.29, 0.717) is 0 Å². The Balaban J connectivity index is 1.99. The Kier molecular flexibility index (Phi) is 4.19. The Labute approximate surface area is 105 Å². The molecule has 90 valence electrons. The van der Waals surface area contributed by atoms with Crippen LogP contribution in [0.4, 0.5) is 0 Å². The van der Waals surface area contributed by atoms with Crippen molar-refractivity contribution in [2.45, 2.75) is 25.8 Å². The predicted octanol–water partition coefficient (Wildman–Crippen LogP) is 1.98. The summed E-state index contributed by atoms with van der Waals surface area (Å²) in [5, 5.41) is 2.09. The minimum Gasteiger partial charge on any atom is -0.271 e. The molecule has 0 aliphatic rings. The van der Waals surface area contributed by atoms with Crippen molar-refractivity contribution in [3.63, 3.8) is 0 Å². The molecule has 0 amide bonds. The van der Waals surface area contributed by atoms with Crippen LogP contribution in [-0.2, 0) is 6.42 Å². The summed E-state index contributed by atoms with van der Waals surface area (Å²) in [5.74, 6) is 6.31. The number of hydrazine groups is 1. The van der Waals surface area contributed by atoms with Crippen LogP contribution in [0.2, 0.25) is 0 Å². The van der Waals surface area contributed by atoms with Crippen molar-refractivity contribution < 1.29 is 0 Å². The summed E-state index contributed by atoms with van der Waals surface area (Å²) in [4.78, 5) is 9.96. The third-order valence-electron chi connectivity index (χ3n) is 2.57. The maximum absolute atomic E-state index is 5.56. The van der Waals surface area contributed by atoms with Crippen LogP contribution in [0, 0.1) is 6.92 Å². The molecular formula is C12H16N4S. The highest BCUT2D eigenvalue weighted by Gasteiger charge is 2.12. The molecule has 2 rings (SSSR count). The van der Waals surface area contributed by atoms with Crippen molar-refractivity contribution in [1.29, 1.82) is 0 Å². The van der Waals surface area contributed by atoms with E-state index in [4.69, 9.17) is 5.84 Å². The Morgan fingerprint density at radius 3 is 2.76 bits per heavy atom. The van der Waals surface area contributed by atoms with E-state index in [2.05, 4.69) is 32.9 Å². The Bertz CT molecular complexity index is 438. The zero-order valence-corrected chi connectivity index (χ0v) is 10.6. The summed E-state index contributed by atoms with van der Waals surface area (Å²) in [5.41, 5.74) is 3.84. The Morgan fingerprint density at radius 2 is 2.18 bits per heavy atom. The zero-order valence-electron chi connectivity index (χ0n) is 9.76. The van der Waals surface area contributed by atoms with Gasteiger partial charge in [-0.1, -0.05) is 6.07 Å². The molecule has 2 aromatic rings. The van der Waals surface area contributed by atoms with Gasteiger partial charge in [-0.3, -0.25) is 5.84 Å². The minimum absolute atomic E-state index is 0.0118. The van der Waals surface area contributed by atoms with Crippen LogP contribution in [0.3, 0.4) is 0 Å². The normalized spacial score (nSPS) is 12.6. The molecule has 0 saturated heterocycles. The van der Waals surface area contributed by atoms with Gasteiger partial charge >= 0.3 is 0 Å². The number of nitrogens with one attached hydrogen (secondary N) is 1. The standard InChI is InChI=1S/C12H16N4S/c1-9-7-14-12(15-8-9)11(16-13)5-4-10-3-2-6-17-10/h2-3,6-8,11,16H,4-5,13H2,1H3.